The molecule has 0 amide bonds. The van der Waals surface area contributed by atoms with Crippen LogP contribution in [0.2, 0.25) is 5.02 Å². The number of nitrogens with zero attached hydrogens (tertiary/aromatic N) is 1. The number of hydrogen-bond acceptors (Lipinski definition) is 1. The van der Waals surface area contributed by atoms with Gasteiger partial charge >= 0.3 is 0 Å². The van der Waals surface area contributed by atoms with Crippen molar-refractivity contribution >= 4 is 23.2 Å². The van der Waals surface area contributed by atoms with Crippen LogP contribution >= 0.6 is 23.2 Å². The van der Waals surface area contributed by atoms with Crippen LogP contribution in [-0.4, -0.2) is 0 Å². The van der Waals surface area contributed by atoms with E-state index < -0.39 is 11.2 Å². The smallest absolute Gasteiger partial charge is 0.148 e. The molecule has 12 heavy (non-hydrogen) atoms. The number of halogens is 3. The van der Waals surface area contributed by atoms with E-state index in [0.717, 1.165) is 0 Å². The minimum absolute atomic E-state index is 0.0200. The normalized spacial score (nSPS) is 12.2. The summed E-state index contributed by atoms with van der Waals surface area (Å²) in [5.41, 5.74) is 0.117. The van der Waals surface area contributed by atoms with Crippen LogP contribution in [0, 0.1) is 17.1 Å². The zero-order valence-electron chi connectivity index (χ0n) is 5.89. The molecule has 1 atom stereocenters. The predicted octanol–water partition coefficient (Wildman–Crippen LogP) is 3.28. The molecule has 0 N–H and O–H groups in total. The summed E-state index contributed by atoms with van der Waals surface area (Å²) in [5.74, 6) is -0.624. The summed E-state index contributed by atoms with van der Waals surface area (Å²) in [5, 5.41) is 7.41. The molecular weight excluding hydrogens is 200 g/mol. The zero-order valence-corrected chi connectivity index (χ0v) is 7.40. The molecule has 1 aromatic rings. The lowest BCUT2D eigenvalue weighted by Crippen LogP contribution is -1.92. The van der Waals surface area contributed by atoms with E-state index in [-0.39, 0.29) is 10.6 Å². The third-order valence-corrected chi connectivity index (χ3v) is 1.99. The van der Waals surface area contributed by atoms with Crippen molar-refractivity contribution < 1.29 is 4.39 Å². The summed E-state index contributed by atoms with van der Waals surface area (Å²) in [6, 6.07) is 6.10. The van der Waals surface area contributed by atoms with Gasteiger partial charge < -0.3 is 0 Å². The first-order chi connectivity index (χ1) is 5.66. The number of benzene rings is 1. The van der Waals surface area contributed by atoms with Gasteiger partial charge in [0.15, 0.2) is 0 Å². The monoisotopic (exact) mass is 203 g/mol. The average molecular weight is 204 g/mol. The van der Waals surface area contributed by atoms with Crippen LogP contribution in [0.5, 0.6) is 0 Å². The lowest BCUT2D eigenvalue weighted by Gasteiger charge is -2.02. The van der Waals surface area contributed by atoms with Crippen molar-refractivity contribution in [2.24, 2.45) is 0 Å². The lowest BCUT2D eigenvalue weighted by atomic mass is 10.1. The van der Waals surface area contributed by atoms with Gasteiger partial charge in [-0.1, -0.05) is 23.7 Å². The van der Waals surface area contributed by atoms with E-state index in [1.54, 1.807) is 12.1 Å². The highest BCUT2D eigenvalue weighted by atomic mass is 35.5. The fraction of sp³-hybridized carbons (Fsp3) is 0.125. The summed E-state index contributed by atoms with van der Waals surface area (Å²) < 4.78 is 13.1. The van der Waals surface area contributed by atoms with Crippen molar-refractivity contribution in [3.63, 3.8) is 0 Å². The van der Waals surface area contributed by atoms with Crippen LogP contribution in [0.1, 0.15) is 10.9 Å². The SMILES string of the molecule is N#CC(Cl)c1cccc(Cl)c1F. The molecule has 0 fully saturated rings. The average Bonchev–Trinajstić information content (AvgIpc) is 2.08. The molecule has 0 aliphatic rings. The van der Waals surface area contributed by atoms with Gasteiger partial charge in [-0.3, -0.25) is 0 Å². The van der Waals surface area contributed by atoms with Gasteiger partial charge in [-0.05, 0) is 6.07 Å². The highest BCUT2D eigenvalue weighted by Crippen LogP contribution is 2.26. The third kappa shape index (κ3) is 1.69. The second kappa shape index (κ2) is 3.75. The maximum atomic E-state index is 13.1. The van der Waals surface area contributed by atoms with E-state index in [2.05, 4.69) is 0 Å². The van der Waals surface area contributed by atoms with E-state index in [1.807, 2.05) is 0 Å². The summed E-state index contributed by atoms with van der Waals surface area (Å²) in [7, 11) is 0. The molecule has 0 aliphatic carbocycles. The molecular formula is C8H4Cl2FN. The van der Waals surface area contributed by atoms with Crippen molar-refractivity contribution in [2.45, 2.75) is 5.38 Å². The van der Waals surface area contributed by atoms with Gasteiger partial charge in [-0.25, -0.2) is 4.39 Å². The fourth-order valence-corrected chi connectivity index (χ4v) is 1.14. The quantitative estimate of drug-likeness (QED) is 0.644. The van der Waals surface area contributed by atoms with E-state index in [4.69, 9.17) is 28.5 Å². The Bertz CT molecular complexity index is 332. The van der Waals surface area contributed by atoms with Gasteiger partial charge in [0.2, 0.25) is 0 Å². The molecule has 0 saturated heterocycles. The topological polar surface area (TPSA) is 23.8 Å². The van der Waals surface area contributed by atoms with Crippen molar-refractivity contribution in [1.82, 2.24) is 0 Å². The largest absolute Gasteiger partial charge is 0.205 e. The molecule has 0 saturated carbocycles. The molecule has 0 bridgehead atoms. The first-order valence-corrected chi connectivity index (χ1v) is 3.96. The van der Waals surface area contributed by atoms with Crippen LogP contribution in [0.3, 0.4) is 0 Å². The second-order valence-corrected chi connectivity index (χ2v) is 2.98. The van der Waals surface area contributed by atoms with Crippen LogP contribution in [-0.2, 0) is 0 Å². The minimum Gasteiger partial charge on any atom is -0.205 e. The summed E-state index contributed by atoms with van der Waals surface area (Å²) in [4.78, 5) is 0. The summed E-state index contributed by atoms with van der Waals surface area (Å²) in [6.45, 7) is 0. The van der Waals surface area contributed by atoms with Crippen molar-refractivity contribution in [2.75, 3.05) is 0 Å². The van der Waals surface area contributed by atoms with Gasteiger partial charge in [0.1, 0.15) is 11.2 Å². The zero-order chi connectivity index (χ0) is 9.14. The number of rotatable bonds is 1. The fourth-order valence-electron chi connectivity index (χ4n) is 0.786. The van der Waals surface area contributed by atoms with Gasteiger partial charge in [0.05, 0.1) is 11.1 Å². The van der Waals surface area contributed by atoms with E-state index in [1.165, 1.54) is 12.1 Å². The van der Waals surface area contributed by atoms with Crippen LogP contribution in [0.25, 0.3) is 0 Å². The molecule has 0 radical (unpaired) electrons. The molecule has 1 nitrogen and oxygen atoms in total. The first-order valence-electron chi connectivity index (χ1n) is 3.14. The van der Waals surface area contributed by atoms with Crippen LogP contribution < -0.4 is 0 Å². The molecule has 1 rings (SSSR count). The van der Waals surface area contributed by atoms with Crippen LogP contribution in [0.15, 0.2) is 18.2 Å². The van der Waals surface area contributed by atoms with E-state index in [9.17, 15) is 4.39 Å². The molecule has 1 unspecified atom stereocenters. The van der Waals surface area contributed by atoms with Crippen molar-refractivity contribution in [3.8, 4) is 6.07 Å². The molecule has 62 valence electrons. The highest BCUT2D eigenvalue weighted by Gasteiger charge is 2.13. The Morgan fingerprint density at radius 2 is 2.17 bits per heavy atom. The Morgan fingerprint density at radius 3 is 2.75 bits per heavy atom. The van der Waals surface area contributed by atoms with E-state index >= 15 is 0 Å². The van der Waals surface area contributed by atoms with Gasteiger partial charge in [0.25, 0.3) is 0 Å². The highest BCUT2D eigenvalue weighted by molar-refractivity contribution is 6.31. The number of alkyl halides is 1. The predicted molar refractivity (Wildman–Crippen MR) is 45.6 cm³/mol. The van der Waals surface area contributed by atoms with E-state index in [0.29, 0.717) is 0 Å². The Balaban J connectivity index is 3.18. The van der Waals surface area contributed by atoms with Crippen LogP contribution in [0.4, 0.5) is 4.39 Å². The third-order valence-electron chi connectivity index (χ3n) is 1.37. The first kappa shape index (κ1) is 9.31. The minimum atomic E-state index is -0.983. The Labute approximate surface area is 79.3 Å². The standard InChI is InChI=1S/C8H4Cl2FN/c9-6-3-1-2-5(8(6)11)7(10)4-12/h1-3,7H. The summed E-state index contributed by atoms with van der Waals surface area (Å²) in [6.07, 6.45) is 0. The molecule has 1 aromatic carbocycles. The molecule has 0 spiro atoms. The summed E-state index contributed by atoms with van der Waals surface area (Å²) >= 11 is 11.0. The molecule has 0 aromatic heterocycles. The van der Waals surface area contributed by atoms with Gasteiger partial charge in [0, 0.05) is 5.56 Å². The van der Waals surface area contributed by atoms with Crippen molar-refractivity contribution in [1.29, 1.82) is 5.26 Å². The second-order valence-electron chi connectivity index (χ2n) is 2.13. The number of hydrogen-bond donors (Lipinski definition) is 0. The lowest BCUT2D eigenvalue weighted by molar-refractivity contribution is 0.614. The number of nitriles is 1. The van der Waals surface area contributed by atoms with Crippen molar-refractivity contribution in [3.05, 3.63) is 34.6 Å². The molecule has 0 aliphatic heterocycles. The molecule has 4 heteroatoms. The Hall–Kier alpha value is -0.780. The maximum absolute atomic E-state index is 13.1. The maximum Gasteiger partial charge on any atom is 0.148 e. The molecule has 0 heterocycles. The van der Waals surface area contributed by atoms with Gasteiger partial charge in [-0.15, -0.1) is 11.6 Å². The Kier molecular flexibility index (Phi) is 2.91. The Morgan fingerprint density at radius 1 is 1.50 bits per heavy atom. The van der Waals surface area contributed by atoms with Gasteiger partial charge in [-0.2, -0.15) is 5.26 Å².